The topological polar surface area (TPSA) is 146 Å². The Bertz CT molecular complexity index is 2450. The van der Waals surface area contributed by atoms with Crippen LogP contribution in [0.3, 0.4) is 0 Å². The number of aromatic nitrogens is 5. The molecular weight excluding hydrogens is 756 g/mol. The lowest BCUT2D eigenvalue weighted by molar-refractivity contribution is 0.0390. The molecule has 4 aliphatic rings. The second kappa shape index (κ2) is 14.9. The highest BCUT2D eigenvalue weighted by Gasteiger charge is 2.44. The maximum Gasteiger partial charge on any atom is 0.407 e. The number of carbonyl (C=O) groups excluding carboxylic acids is 3. The Balaban J connectivity index is 1.08. The van der Waals surface area contributed by atoms with E-state index in [9.17, 15) is 14.4 Å². The van der Waals surface area contributed by atoms with Crippen LogP contribution >= 0.6 is 11.6 Å². The molecule has 9 rings (SSSR count). The first-order valence-electron chi connectivity index (χ1n) is 20.7. The Morgan fingerprint density at radius 3 is 2.55 bits per heavy atom. The molecule has 2 N–H and O–H groups in total. The quantitative estimate of drug-likeness (QED) is 0.169. The van der Waals surface area contributed by atoms with Crippen LogP contribution < -0.4 is 15.4 Å². The van der Waals surface area contributed by atoms with E-state index in [4.69, 9.17) is 31.0 Å². The number of nitrogens with one attached hydrogen (secondary N) is 2. The number of imidazole rings is 1. The average Bonchev–Trinajstić information content (AvgIpc) is 3.66. The first kappa shape index (κ1) is 38.4. The summed E-state index contributed by atoms with van der Waals surface area (Å²) in [4.78, 5) is 57.7. The number of likely N-dealkylation sites (tertiary alicyclic amines) is 1. The molecule has 0 unspecified atom stereocenters. The number of hydrogen-bond acceptors (Lipinski definition) is 8. The van der Waals surface area contributed by atoms with E-state index in [0.717, 1.165) is 91.7 Å². The second-order valence-corrected chi connectivity index (χ2v) is 17.9. The summed E-state index contributed by atoms with van der Waals surface area (Å²) in [7, 11) is 1.65. The van der Waals surface area contributed by atoms with Crippen molar-refractivity contribution >= 4 is 51.6 Å². The summed E-state index contributed by atoms with van der Waals surface area (Å²) in [5.41, 5.74) is 5.26. The first-order chi connectivity index (χ1) is 27.8. The van der Waals surface area contributed by atoms with Gasteiger partial charge in [-0.1, -0.05) is 18.0 Å². The number of aryl methyl sites for hydroxylation is 2. The molecule has 6 heterocycles. The number of amides is 3. The number of carbonyl (C=O) groups is 3. The van der Waals surface area contributed by atoms with Crippen LogP contribution in [0, 0.1) is 5.92 Å². The molecule has 0 spiro atoms. The van der Waals surface area contributed by atoms with Crippen LogP contribution in [0.4, 0.5) is 4.79 Å². The van der Waals surface area contributed by atoms with E-state index < -0.39 is 11.7 Å². The molecular formula is C44H51ClN8O5. The van der Waals surface area contributed by atoms with Crippen molar-refractivity contribution in [3.05, 3.63) is 70.1 Å². The number of methoxy groups -OCH3 is 1. The van der Waals surface area contributed by atoms with Crippen LogP contribution in [0.15, 0.2) is 42.5 Å². The third-order valence-electron chi connectivity index (χ3n) is 12.2. The highest BCUT2D eigenvalue weighted by molar-refractivity contribution is 6.29. The highest BCUT2D eigenvalue weighted by atomic mass is 35.5. The maximum absolute atomic E-state index is 14.5. The Morgan fingerprint density at radius 1 is 0.966 bits per heavy atom. The SMILES string of the molecule is COc1cc(C(=O)N2C[C@H](NC(=O)OC(C)(C)C)[C@@H]3CC[C@H]2C3)cc2nc(-c3cc4ccc5nc4n3CCCCCc3nc(Cl)ccc3C(=O)N[C@@H]5C)n(C3CC3)c12. The number of alkyl carbamates (subject to hydrolysis) is 1. The Morgan fingerprint density at radius 2 is 1.78 bits per heavy atom. The first-order valence-corrected chi connectivity index (χ1v) is 21.1. The van der Waals surface area contributed by atoms with Crippen molar-refractivity contribution in [1.82, 2.24) is 39.6 Å². The summed E-state index contributed by atoms with van der Waals surface area (Å²) >= 11 is 6.27. The molecule has 4 aromatic heterocycles. The number of hydrogen-bond donors (Lipinski definition) is 2. The fourth-order valence-electron chi connectivity index (χ4n) is 9.28. The molecule has 3 amide bonds. The summed E-state index contributed by atoms with van der Waals surface area (Å²) in [5, 5.41) is 7.58. The normalized spacial score (nSPS) is 22.4. The standard InChI is InChI=1S/C44H51ClN8O5/c1-24-31-16-11-26-21-35(51(39(26)48-31)18-8-6-7-9-32-30(41(54)46-24)15-17-37(45)47-32)40-49-33-20-27(22-36(57-5)38(33)53(40)28-13-14-28)42(55)52-23-34(25-10-12-29(52)19-25)50-43(56)58-44(2,3)4/h11,15-17,20-22,24-25,28-29,34H,6-10,12-14,18-19,23H2,1-5H3,(H,46,54)(H,50,56)/t24-,25-,29+,34+/m1/s1. The fraction of sp³-hybridized carbons (Fsp3) is 0.500. The van der Waals surface area contributed by atoms with Gasteiger partial charge in [-0.3, -0.25) is 9.59 Å². The third-order valence-corrected chi connectivity index (χ3v) is 12.4. The molecule has 1 saturated heterocycles. The summed E-state index contributed by atoms with van der Waals surface area (Å²) in [6.07, 6.45) is 7.56. The number of nitrogens with zero attached hydrogens (tertiary/aromatic N) is 6. The zero-order valence-corrected chi connectivity index (χ0v) is 34.6. The summed E-state index contributed by atoms with van der Waals surface area (Å²) in [5.74, 6) is 1.43. The lowest BCUT2D eigenvalue weighted by Crippen LogP contribution is -2.55. The van der Waals surface area contributed by atoms with E-state index in [1.165, 1.54) is 0 Å². The molecule has 58 heavy (non-hydrogen) atoms. The fourth-order valence-corrected chi connectivity index (χ4v) is 9.45. The Hall–Kier alpha value is -5.17. The van der Waals surface area contributed by atoms with Gasteiger partial charge in [-0.2, -0.15) is 0 Å². The molecule has 304 valence electrons. The number of benzene rings is 1. The molecule has 13 nitrogen and oxygen atoms in total. The van der Waals surface area contributed by atoms with Gasteiger partial charge in [0, 0.05) is 36.1 Å². The number of fused-ring (bicyclic) bond motifs is 5. The summed E-state index contributed by atoms with van der Waals surface area (Å²) in [6, 6.07) is 13.2. The van der Waals surface area contributed by atoms with Crippen LogP contribution in [0.1, 0.15) is 123 Å². The van der Waals surface area contributed by atoms with E-state index in [2.05, 4.69) is 36.9 Å². The number of halogens is 1. The average molecular weight is 807 g/mol. The van der Waals surface area contributed by atoms with Crippen molar-refractivity contribution in [3.63, 3.8) is 0 Å². The van der Waals surface area contributed by atoms with Gasteiger partial charge in [-0.25, -0.2) is 19.7 Å². The monoisotopic (exact) mass is 806 g/mol. The smallest absolute Gasteiger partial charge is 0.407 e. The number of pyridine rings is 2. The van der Waals surface area contributed by atoms with Gasteiger partial charge in [-0.05, 0) is 127 Å². The second-order valence-electron chi connectivity index (χ2n) is 17.5. The lowest BCUT2D eigenvalue weighted by Gasteiger charge is -2.39. The molecule has 2 aliphatic heterocycles. The largest absolute Gasteiger partial charge is 0.494 e. The molecule has 3 fully saturated rings. The van der Waals surface area contributed by atoms with Crippen LogP contribution in [0.5, 0.6) is 5.75 Å². The Kier molecular flexibility index (Phi) is 9.85. The zero-order chi connectivity index (χ0) is 40.5. The minimum absolute atomic E-state index is 0.0932. The van der Waals surface area contributed by atoms with E-state index in [0.29, 0.717) is 52.1 Å². The summed E-state index contributed by atoms with van der Waals surface area (Å²) < 4.78 is 16.2. The van der Waals surface area contributed by atoms with Crippen molar-refractivity contribution in [2.45, 2.75) is 122 Å². The van der Waals surface area contributed by atoms with Gasteiger partial charge in [0.15, 0.2) is 5.82 Å². The van der Waals surface area contributed by atoms with Crippen molar-refractivity contribution in [3.8, 4) is 17.3 Å². The van der Waals surface area contributed by atoms with Crippen molar-refractivity contribution in [1.29, 1.82) is 0 Å². The summed E-state index contributed by atoms with van der Waals surface area (Å²) in [6.45, 7) is 8.63. The maximum atomic E-state index is 14.5. The van der Waals surface area contributed by atoms with Crippen molar-refractivity contribution in [2.75, 3.05) is 13.7 Å². The Labute approximate surface area is 342 Å². The van der Waals surface area contributed by atoms with Crippen LogP contribution in [-0.2, 0) is 17.7 Å². The molecule has 14 heteroatoms. The third kappa shape index (κ3) is 7.26. The molecule has 1 aromatic carbocycles. The van der Waals surface area contributed by atoms with Crippen molar-refractivity contribution < 1.29 is 23.9 Å². The number of piperidine rings is 1. The zero-order valence-electron chi connectivity index (χ0n) is 33.8. The van der Waals surface area contributed by atoms with Gasteiger partial charge < -0.3 is 34.1 Å². The molecule has 5 aromatic rings. The van der Waals surface area contributed by atoms with E-state index >= 15 is 0 Å². The van der Waals surface area contributed by atoms with Gasteiger partial charge in [0.25, 0.3) is 11.8 Å². The van der Waals surface area contributed by atoms with E-state index in [1.54, 1.807) is 19.2 Å². The minimum atomic E-state index is -0.611. The van der Waals surface area contributed by atoms with Crippen LogP contribution in [0.2, 0.25) is 5.15 Å². The molecule has 0 radical (unpaired) electrons. The molecule has 4 bridgehead atoms. The van der Waals surface area contributed by atoms with Gasteiger partial charge >= 0.3 is 6.09 Å². The van der Waals surface area contributed by atoms with Gasteiger partial charge in [0.05, 0.1) is 47.4 Å². The van der Waals surface area contributed by atoms with Crippen LogP contribution in [0.25, 0.3) is 33.6 Å². The highest BCUT2D eigenvalue weighted by Crippen LogP contribution is 2.45. The van der Waals surface area contributed by atoms with Gasteiger partial charge in [0.2, 0.25) is 0 Å². The van der Waals surface area contributed by atoms with E-state index in [1.807, 2.05) is 50.8 Å². The predicted molar refractivity (Wildman–Crippen MR) is 221 cm³/mol. The minimum Gasteiger partial charge on any atom is -0.494 e. The van der Waals surface area contributed by atoms with Gasteiger partial charge in [0.1, 0.15) is 27.7 Å². The predicted octanol–water partition coefficient (Wildman–Crippen LogP) is 8.18. The number of rotatable bonds is 5. The molecule has 4 atom stereocenters. The van der Waals surface area contributed by atoms with Crippen LogP contribution in [-0.4, -0.2) is 78.2 Å². The van der Waals surface area contributed by atoms with E-state index in [-0.39, 0.29) is 36.0 Å². The molecule has 2 saturated carbocycles. The van der Waals surface area contributed by atoms with Crippen molar-refractivity contribution in [2.24, 2.45) is 5.92 Å². The van der Waals surface area contributed by atoms with Gasteiger partial charge in [-0.15, -0.1) is 0 Å². The molecule has 2 aliphatic carbocycles. The number of ether oxygens (including phenoxy) is 2. The lowest BCUT2D eigenvalue weighted by atomic mass is 9.93.